The SMILES string of the molecule is CCCC1C(CCN)C2CC=CC(C)C2N1C1CCC(C)CN1C. The predicted octanol–water partition coefficient (Wildman–Crippen LogP) is 3.70. The van der Waals surface area contributed by atoms with E-state index in [2.05, 4.69) is 49.8 Å². The third-order valence-corrected chi connectivity index (χ3v) is 7.05. The molecule has 3 rings (SSSR count). The highest BCUT2D eigenvalue weighted by atomic mass is 15.4. The van der Waals surface area contributed by atoms with E-state index in [-0.39, 0.29) is 0 Å². The van der Waals surface area contributed by atoms with Crippen LogP contribution in [0.1, 0.15) is 59.3 Å². The van der Waals surface area contributed by atoms with Crippen molar-refractivity contribution in [2.45, 2.75) is 77.5 Å². The molecule has 3 nitrogen and oxygen atoms in total. The molecule has 0 spiro atoms. The van der Waals surface area contributed by atoms with Crippen molar-refractivity contribution in [1.82, 2.24) is 9.80 Å². The Morgan fingerprint density at radius 2 is 1.96 bits per heavy atom. The first kappa shape index (κ1) is 18.4. The van der Waals surface area contributed by atoms with Crippen LogP contribution in [-0.2, 0) is 0 Å². The minimum absolute atomic E-state index is 0.641. The van der Waals surface area contributed by atoms with Crippen LogP contribution in [0.5, 0.6) is 0 Å². The first-order valence-corrected chi connectivity index (χ1v) is 10.4. The van der Waals surface area contributed by atoms with Crippen LogP contribution in [-0.4, -0.2) is 48.2 Å². The van der Waals surface area contributed by atoms with Gasteiger partial charge in [-0.1, -0.05) is 39.3 Å². The maximum atomic E-state index is 6.05. The van der Waals surface area contributed by atoms with Crippen molar-refractivity contribution in [1.29, 1.82) is 0 Å². The lowest BCUT2D eigenvalue weighted by molar-refractivity contribution is -0.0325. The normalized spacial score (nSPS) is 44.0. The molecule has 0 bridgehead atoms. The van der Waals surface area contributed by atoms with E-state index in [1.54, 1.807) is 0 Å². The van der Waals surface area contributed by atoms with Crippen LogP contribution in [0.25, 0.3) is 0 Å². The van der Waals surface area contributed by atoms with Crippen molar-refractivity contribution in [2.24, 2.45) is 29.4 Å². The highest BCUT2D eigenvalue weighted by molar-refractivity contribution is 5.12. The quantitative estimate of drug-likeness (QED) is 0.779. The zero-order valence-electron chi connectivity index (χ0n) is 16.3. The molecule has 138 valence electrons. The number of piperidine rings is 1. The van der Waals surface area contributed by atoms with Gasteiger partial charge in [-0.25, -0.2) is 0 Å². The van der Waals surface area contributed by atoms with Crippen molar-refractivity contribution in [3.05, 3.63) is 12.2 Å². The summed E-state index contributed by atoms with van der Waals surface area (Å²) in [6.45, 7) is 9.31. The molecule has 2 N–H and O–H groups in total. The van der Waals surface area contributed by atoms with Gasteiger partial charge in [0.05, 0.1) is 6.17 Å². The highest BCUT2D eigenvalue weighted by Gasteiger charge is 2.52. The number of hydrogen-bond acceptors (Lipinski definition) is 3. The molecule has 0 aromatic carbocycles. The first-order chi connectivity index (χ1) is 11.6. The number of nitrogens with zero attached hydrogens (tertiary/aromatic N) is 2. The summed E-state index contributed by atoms with van der Waals surface area (Å²) in [4.78, 5) is 5.64. The van der Waals surface area contributed by atoms with Gasteiger partial charge in [-0.05, 0) is 69.4 Å². The monoisotopic (exact) mass is 333 g/mol. The van der Waals surface area contributed by atoms with Gasteiger partial charge in [-0.2, -0.15) is 0 Å². The average molecular weight is 334 g/mol. The molecule has 2 saturated heterocycles. The topological polar surface area (TPSA) is 32.5 Å². The second-order valence-electron chi connectivity index (χ2n) is 8.82. The van der Waals surface area contributed by atoms with Crippen LogP contribution in [0.15, 0.2) is 12.2 Å². The van der Waals surface area contributed by atoms with Crippen LogP contribution < -0.4 is 5.73 Å². The molecule has 2 heterocycles. The molecule has 0 radical (unpaired) electrons. The van der Waals surface area contributed by atoms with Gasteiger partial charge in [0.1, 0.15) is 0 Å². The van der Waals surface area contributed by atoms with Crippen LogP contribution in [0.4, 0.5) is 0 Å². The second kappa shape index (κ2) is 7.88. The minimum atomic E-state index is 0.641. The minimum Gasteiger partial charge on any atom is -0.330 e. The van der Waals surface area contributed by atoms with Crippen LogP contribution in [0.2, 0.25) is 0 Å². The molecule has 0 aromatic heterocycles. The van der Waals surface area contributed by atoms with Gasteiger partial charge in [-0.15, -0.1) is 0 Å². The smallest absolute Gasteiger partial charge is 0.0625 e. The lowest BCUT2D eigenvalue weighted by atomic mass is 9.75. The van der Waals surface area contributed by atoms with Crippen molar-refractivity contribution in [3.63, 3.8) is 0 Å². The molecule has 7 atom stereocenters. The summed E-state index contributed by atoms with van der Waals surface area (Å²) in [5, 5.41) is 0. The molecule has 2 fully saturated rings. The summed E-state index contributed by atoms with van der Waals surface area (Å²) in [5.41, 5.74) is 6.05. The summed E-state index contributed by atoms with van der Waals surface area (Å²) < 4.78 is 0. The van der Waals surface area contributed by atoms with Crippen LogP contribution in [0.3, 0.4) is 0 Å². The molecule has 0 saturated carbocycles. The summed E-state index contributed by atoms with van der Waals surface area (Å²) >= 11 is 0. The Hall–Kier alpha value is -0.380. The Balaban J connectivity index is 1.91. The Labute approximate surface area is 149 Å². The van der Waals surface area contributed by atoms with Crippen molar-refractivity contribution in [3.8, 4) is 0 Å². The summed E-state index contributed by atoms with van der Waals surface area (Å²) in [5.74, 6) is 3.13. The zero-order valence-corrected chi connectivity index (χ0v) is 16.3. The fourth-order valence-corrected chi connectivity index (χ4v) is 6.15. The Bertz CT molecular complexity index is 435. The third-order valence-electron chi connectivity index (χ3n) is 7.05. The fourth-order valence-electron chi connectivity index (χ4n) is 6.15. The van der Waals surface area contributed by atoms with E-state index in [1.165, 1.54) is 45.1 Å². The van der Waals surface area contributed by atoms with E-state index in [4.69, 9.17) is 5.73 Å². The first-order valence-electron chi connectivity index (χ1n) is 10.4. The molecule has 1 aliphatic carbocycles. The number of hydrogen-bond donors (Lipinski definition) is 1. The molecule has 3 heteroatoms. The molecule has 24 heavy (non-hydrogen) atoms. The van der Waals surface area contributed by atoms with Crippen molar-refractivity contribution in [2.75, 3.05) is 20.1 Å². The highest BCUT2D eigenvalue weighted by Crippen LogP contribution is 2.48. The van der Waals surface area contributed by atoms with E-state index in [1.807, 2.05) is 0 Å². The average Bonchev–Trinajstić information content (AvgIpc) is 2.84. The summed E-state index contributed by atoms with van der Waals surface area (Å²) in [6, 6.07) is 1.46. The number of fused-ring (bicyclic) bond motifs is 1. The maximum Gasteiger partial charge on any atom is 0.0625 e. The summed E-state index contributed by atoms with van der Waals surface area (Å²) in [6.07, 6.45) is 13.4. The molecule has 2 aliphatic heterocycles. The molecule has 3 aliphatic rings. The van der Waals surface area contributed by atoms with Gasteiger partial charge in [0.25, 0.3) is 0 Å². The van der Waals surface area contributed by atoms with Crippen molar-refractivity contribution >= 4 is 0 Å². The lowest BCUT2D eigenvalue weighted by Gasteiger charge is -2.48. The van der Waals surface area contributed by atoms with Gasteiger partial charge >= 0.3 is 0 Å². The van der Waals surface area contributed by atoms with Crippen molar-refractivity contribution < 1.29 is 0 Å². The Morgan fingerprint density at radius 3 is 2.62 bits per heavy atom. The number of rotatable bonds is 5. The van der Waals surface area contributed by atoms with E-state index >= 15 is 0 Å². The zero-order chi connectivity index (χ0) is 17.3. The van der Waals surface area contributed by atoms with Gasteiger partial charge in [0.15, 0.2) is 0 Å². The molecular formula is C21H39N3. The van der Waals surface area contributed by atoms with E-state index in [9.17, 15) is 0 Å². The van der Waals surface area contributed by atoms with Gasteiger partial charge in [0, 0.05) is 18.6 Å². The molecule has 0 amide bonds. The van der Waals surface area contributed by atoms with E-state index in [0.717, 1.165) is 36.4 Å². The fraction of sp³-hybridized carbons (Fsp3) is 0.905. The van der Waals surface area contributed by atoms with Crippen LogP contribution >= 0.6 is 0 Å². The van der Waals surface area contributed by atoms with E-state index in [0.29, 0.717) is 12.1 Å². The third kappa shape index (κ3) is 3.32. The summed E-state index contributed by atoms with van der Waals surface area (Å²) in [7, 11) is 2.36. The Morgan fingerprint density at radius 1 is 1.17 bits per heavy atom. The van der Waals surface area contributed by atoms with E-state index < -0.39 is 0 Å². The molecular weight excluding hydrogens is 294 g/mol. The number of nitrogens with two attached hydrogens (primary N) is 1. The molecule has 7 unspecified atom stereocenters. The standard InChI is InChI=1S/C21H39N3/c1-5-7-19-17(12-13-22)18-9-6-8-16(3)21(18)24(19)20-11-10-15(2)14-23(20)4/h6,8,15-21H,5,7,9-14,22H2,1-4H3. The van der Waals surface area contributed by atoms with Gasteiger partial charge in [-0.3, -0.25) is 9.80 Å². The van der Waals surface area contributed by atoms with Gasteiger partial charge < -0.3 is 5.73 Å². The lowest BCUT2D eigenvalue weighted by Crippen LogP contribution is -2.57. The Kier molecular flexibility index (Phi) is 6.05. The van der Waals surface area contributed by atoms with Crippen LogP contribution in [0, 0.1) is 23.7 Å². The number of likely N-dealkylation sites (tertiary alicyclic amines) is 2. The predicted molar refractivity (Wildman–Crippen MR) is 103 cm³/mol. The molecule has 0 aromatic rings. The van der Waals surface area contributed by atoms with Gasteiger partial charge in [0.2, 0.25) is 0 Å². The number of allylic oxidation sites excluding steroid dienone is 1. The maximum absolute atomic E-state index is 6.05. The largest absolute Gasteiger partial charge is 0.330 e. The second-order valence-corrected chi connectivity index (χ2v) is 8.82.